The van der Waals surface area contributed by atoms with Crippen molar-refractivity contribution >= 4 is 17.3 Å². The number of aromatic nitrogens is 6. The first-order chi connectivity index (χ1) is 10.7. The van der Waals surface area contributed by atoms with E-state index in [4.69, 9.17) is 4.52 Å². The van der Waals surface area contributed by atoms with Gasteiger partial charge in [0.15, 0.2) is 17.3 Å². The average molecular weight is 295 g/mol. The molecule has 4 aromatic rings. The van der Waals surface area contributed by atoms with Crippen LogP contribution in [0, 0.1) is 6.92 Å². The van der Waals surface area contributed by atoms with Crippen molar-refractivity contribution in [1.82, 2.24) is 29.3 Å². The van der Waals surface area contributed by atoms with Crippen LogP contribution in [0.4, 0.5) is 11.6 Å². The number of rotatable bonds is 3. The summed E-state index contributed by atoms with van der Waals surface area (Å²) in [6, 6.07) is 1.80. The van der Waals surface area contributed by atoms with Gasteiger partial charge in [0.05, 0.1) is 18.1 Å². The number of hydrogen-bond acceptors (Lipinski definition) is 6. The fourth-order valence-corrected chi connectivity index (χ4v) is 2.32. The summed E-state index contributed by atoms with van der Waals surface area (Å²) >= 11 is 0. The van der Waals surface area contributed by atoms with Gasteiger partial charge in [0.25, 0.3) is 0 Å². The van der Waals surface area contributed by atoms with Crippen LogP contribution >= 0.6 is 0 Å². The molecule has 0 spiro atoms. The number of aryl methyl sites for hydroxylation is 2. The van der Waals surface area contributed by atoms with Crippen LogP contribution in [0.3, 0.4) is 0 Å². The molecule has 0 bridgehead atoms. The van der Waals surface area contributed by atoms with E-state index in [0.29, 0.717) is 17.3 Å². The summed E-state index contributed by atoms with van der Waals surface area (Å²) in [5.74, 6) is 1.95. The summed E-state index contributed by atoms with van der Waals surface area (Å²) in [6.45, 7) is 1.84. The van der Waals surface area contributed by atoms with Crippen molar-refractivity contribution in [2.75, 3.05) is 5.32 Å². The molecule has 0 saturated carbocycles. The van der Waals surface area contributed by atoms with Gasteiger partial charge < -0.3 is 9.84 Å². The molecule has 0 aliphatic heterocycles. The Kier molecular flexibility index (Phi) is 2.68. The zero-order valence-corrected chi connectivity index (χ0v) is 12.1. The molecule has 8 heteroatoms. The van der Waals surface area contributed by atoms with Crippen molar-refractivity contribution in [1.29, 1.82) is 0 Å². The fraction of sp³-hybridized carbons (Fsp3) is 0.143. The predicted octanol–water partition coefficient (Wildman–Crippen LogP) is 2.17. The Morgan fingerprint density at radius 2 is 2.14 bits per heavy atom. The molecule has 0 amide bonds. The molecule has 1 N–H and O–H groups in total. The Morgan fingerprint density at radius 3 is 2.86 bits per heavy atom. The van der Waals surface area contributed by atoms with Gasteiger partial charge in [0.2, 0.25) is 0 Å². The lowest BCUT2D eigenvalue weighted by Crippen LogP contribution is -1.98. The topological polar surface area (TPSA) is 86.1 Å². The summed E-state index contributed by atoms with van der Waals surface area (Å²) in [6.07, 6.45) is 9.12. The van der Waals surface area contributed by atoms with Gasteiger partial charge in [-0.25, -0.2) is 9.97 Å². The van der Waals surface area contributed by atoms with E-state index in [9.17, 15) is 0 Å². The summed E-state index contributed by atoms with van der Waals surface area (Å²) in [4.78, 5) is 8.78. The second-order valence-corrected chi connectivity index (χ2v) is 4.96. The number of nitrogens with zero attached hydrogens (tertiary/aromatic N) is 6. The highest BCUT2D eigenvalue weighted by atomic mass is 16.5. The number of fused-ring (bicyclic) bond motifs is 1. The van der Waals surface area contributed by atoms with Gasteiger partial charge in [0, 0.05) is 37.3 Å². The second-order valence-electron chi connectivity index (χ2n) is 4.96. The summed E-state index contributed by atoms with van der Waals surface area (Å²) in [7, 11) is 1.88. The zero-order chi connectivity index (χ0) is 15.1. The quantitative estimate of drug-likeness (QED) is 0.623. The third-order valence-electron chi connectivity index (χ3n) is 3.30. The first kappa shape index (κ1) is 12.6. The lowest BCUT2D eigenvalue weighted by atomic mass is 10.3. The van der Waals surface area contributed by atoms with Crippen LogP contribution in [0.15, 0.2) is 41.6 Å². The number of hydrogen-bond donors (Lipinski definition) is 1. The second kappa shape index (κ2) is 4.69. The largest absolute Gasteiger partial charge is 0.360 e. The summed E-state index contributed by atoms with van der Waals surface area (Å²) in [5, 5.41) is 11.2. The van der Waals surface area contributed by atoms with Gasteiger partial charge in [-0.15, -0.1) is 0 Å². The van der Waals surface area contributed by atoms with Gasteiger partial charge in [0.1, 0.15) is 5.76 Å². The van der Waals surface area contributed by atoms with Gasteiger partial charge in [-0.05, 0) is 6.92 Å². The van der Waals surface area contributed by atoms with E-state index in [1.165, 1.54) is 0 Å². The number of nitrogens with one attached hydrogen (secondary N) is 1. The predicted molar refractivity (Wildman–Crippen MR) is 79.7 cm³/mol. The molecule has 0 unspecified atom stereocenters. The molecule has 0 aliphatic carbocycles. The molecular formula is C14H13N7O. The van der Waals surface area contributed by atoms with Crippen molar-refractivity contribution in [3.8, 4) is 11.3 Å². The van der Waals surface area contributed by atoms with Gasteiger partial charge in [-0.3, -0.25) is 9.08 Å². The fourth-order valence-electron chi connectivity index (χ4n) is 2.32. The van der Waals surface area contributed by atoms with Crippen LogP contribution in [0.5, 0.6) is 0 Å². The highest BCUT2D eigenvalue weighted by Gasteiger charge is 2.12. The molecule has 0 saturated heterocycles. The lowest BCUT2D eigenvalue weighted by molar-refractivity contribution is 0.400. The minimum absolute atomic E-state index is 0.601. The standard InChI is InChI=1S/C14H13N7O/c1-9-5-12(19-22-9)18-13-14-16-7-11(21(14)4-3-15-13)10-6-17-20(2)8-10/h3-8H,1-2H3,(H,15,18,19). The Balaban J connectivity index is 1.79. The minimum Gasteiger partial charge on any atom is -0.360 e. The van der Waals surface area contributed by atoms with E-state index >= 15 is 0 Å². The Hall–Kier alpha value is -3.16. The molecule has 0 aliphatic rings. The van der Waals surface area contributed by atoms with Crippen molar-refractivity contribution < 1.29 is 4.52 Å². The molecule has 0 atom stereocenters. The van der Waals surface area contributed by atoms with Crippen LogP contribution in [-0.2, 0) is 7.05 Å². The first-order valence-corrected chi connectivity index (χ1v) is 6.72. The first-order valence-electron chi connectivity index (χ1n) is 6.72. The number of imidazole rings is 1. The molecule has 110 valence electrons. The van der Waals surface area contributed by atoms with Crippen molar-refractivity contribution in [2.24, 2.45) is 7.05 Å². The minimum atomic E-state index is 0.601. The van der Waals surface area contributed by atoms with Crippen LogP contribution in [0.1, 0.15) is 5.76 Å². The van der Waals surface area contributed by atoms with E-state index in [2.05, 4.69) is 25.5 Å². The van der Waals surface area contributed by atoms with Gasteiger partial charge in [-0.2, -0.15) is 5.10 Å². The van der Waals surface area contributed by atoms with Crippen molar-refractivity contribution in [2.45, 2.75) is 6.92 Å². The summed E-state index contributed by atoms with van der Waals surface area (Å²) in [5.41, 5.74) is 2.65. The van der Waals surface area contributed by atoms with Crippen LogP contribution < -0.4 is 5.32 Å². The van der Waals surface area contributed by atoms with E-state index in [1.54, 1.807) is 29.3 Å². The van der Waals surface area contributed by atoms with Gasteiger partial charge in [-0.1, -0.05) is 5.16 Å². The van der Waals surface area contributed by atoms with Crippen molar-refractivity contribution in [3.05, 3.63) is 42.8 Å². The zero-order valence-electron chi connectivity index (χ0n) is 12.1. The van der Waals surface area contributed by atoms with E-state index < -0.39 is 0 Å². The molecule has 0 aromatic carbocycles. The highest BCUT2D eigenvalue weighted by Crippen LogP contribution is 2.24. The maximum absolute atomic E-state index is 5.05. The maximum Gasteiger partial charge on any atom is 0.180 e. The van der Waals surface area contributed by atoms with Gasteiger partial charge >= 0.3 is 0 Å². The molecule has 0 fully saturated rings. The molecular weight excluding hydrogens is 282 g/mol. The maximum atomic E-state index is 5.05. The molecule has 8 nitrogen and oxygen atoms in total. The smallest absolute Gasteiger partial charge is 0.180 e. The molecule has 22 heavy (non-hydrogen) atoms. The van der Waals surface area contributed by atoms with Crippen LogP contribution in [0.25, 0.3) is 16.9 Å². The third kappa shape index (κ3) is 2.01. The summed E-state index contributed by atoms with van der Waals surface area (Å²) < 4.78 is 8.76. The Bertz CT molecular complexity index is 949. The van der Waals surface area contributed by atoms with Crippen LogP contribution in [-0.4, -0.2) is 29.3 Å². The molecule has 0 radical (unpaired) electrons. The average Bonchev–Trinajstić information content (AvgIpc) is 3.19. The highest BCUT2D eigenvalue weighted by molar-refractivity contribution is 5.72. The van der Waals surface area contributed by atoms with Crippen molar-refractivity contribution in [3.63, 3.8) is 0 Å². The third-order valence-corrected chi connectivity index (χ3v) is 3.30. The molecule has 4 rings (SSSR count). The van der Waals surface area contributed by atoms with E-state index in [0.717, 1.165) is 17.0 Å². The lowest BCUT2D eigenvalue weighted by Gasteiger charge is -2.04. The Labute approximate surface area is 125 Å². The number of anilines is 2. The van der Waals surface area contributed by atoms with E-state index in [1.807, 2.05) is 30.8 Å². The molecule has 4 heterocycles. The SMILES string of the molecule is Cc1cc(Nc2nccn3c(-c4cnn(C)c4)cnc23)no1. The monoisotopic (exact) mass is 295 g/mol. The molecule has 4 aromatic heterocycles. The van der Waals surface area contributed by atoms with Crippen LogP contribution in [0.2, 0.25) is 0 Å². The normalized spacial score (nSPS) is 11.2. The Morgan fingerprint density at radius 1 is 1.23 bits per heavy atom. The van der Waals surface area contributed by atoms with E-state index in [-0.39, 0.29) is 0 Å².